The lowest BCUT2D eigenvalue weighted by Gasteiger charge is -2.40. The first-order valence-electron chi connectivity index (χ1n) is 8.87. The third-order valence-electron chi connectivity index (χ3n) is 4.93. The van der Waals surface area contributed by atoms with Crippen LogP contribution in [-0.2, 0) is 9.22 Å². The van der Waals surface area contributed by atoms with Crippen LogP contribution in [0.1, 0.15) is 32.4 Å². The second-order valence-corrected chi connectivity index (χ2v) is 13.8. The van der Waals surface area contributed by atoms with Gasteiger partial charge in [0.05, 0.1) is 6.04 Å². The molecule has 0 amide bonds. The van der Waals surface area contributed by atoms with Gasteiger partial charge in [0.15, 0.2) is 8.32 Å². The highest BCUT2D eigenvalue weighted by Crippen LogP contribution is 2.39. The molecule has 0 unspecified atom stereocenters. The Kier molecular flexibility index (Phi) is 6.85. The van der Waals surface area contributed by atoms with Crippen LogP contribution < -0.4 is 5.73 Å². The molecule has 0 bridgehead atoms. The quantitative estimate of drug-likeness (QED) is 0.533. The Morgan fingerprint density at radius 3 is 2.00 bits per heavy atom. The van der Waals surface area contributed by atoms with Gasteiger partial charge in [-0.2, -0.15) is 0 Å². The molecule has 0 aliphatic rings. The van der Waals surface area contributed by atoms with Gasteiger partial charge in [-0.05, 0) is 47.6 Å². The lowest BCUT2D eigenvalue weighted by molar-refractivity contribution is -0.118. The monoisotopic (exact) mass is 387 g/mol. The van der Waals surface area contributed by atoms with Crippen LogP contribution in [-0.4, -0.2) is 19.5 Å². The van der Waals surface area contributed by atoms with Gasteiger partial charge in [0.1, 0.15) is 6.10 Å². The SMILES string of the molecule is CC(C)(C)[Si](C)(C)O[C@H](C(=O)Sc1ccccc1)[C@@H](N)c1ccccc1. The molecule has 3 nitrogen and oxygen atoms in total. The van der Waals surface area contributed by atoms with Crippen LogP contribution in [0, 0.1) is 0 Å². The normalized spacial score (nSPS) is 14.7. The molecular weight excluding hydrogens is 358 g/mol. The molecule has 2 aromatic rings. The maximum atomic E-state index is 13.1. The summed E-state index contributed by atoms with van der Waals surface area (Å²) in [5.74, 6) is 0. The second kappa shape index (κ2) is 8.52. The van der Waals surface area contributed by atoms with E-state index in [-0.39, 0.29) is 10.2 Å². The summed E-state index contributed by atoms with van der Waals surface area (Å²) in [7, 11) is -2.16. The number of rotatable bonds is 6. The van der Waals surface area contributed by atoms with Crippen molar-refractivity contribution >= 4 is 25.2 Å². The van der Waals surface area contributed by atoms with Gasteiger partial charge in [-0.25, -0.2) is 0 Å². The van der Waals surface area contributed by atoms with E-state index in [1.807, 2.05) is 60.7 Å². The van der Waals surface area contributed by atoms with Gasteiger partial charge in [-0.3, -0.25) is 4.79 Å². The molecule has 26 heavy (non-hydrogen) atoms. The van der Waals surface area contributed by atoms with Gasteiger partial charge in [0.25, 0.3) is 0 Å². The summed E-state index contributed by atoms with van der Waals surface area (Å²) in [5.41, 5.74) is 7.42. The van der Waals surface area contributed by atoms with E-state index in [0.29, 0.717) is 0 Å². The van der Waals surface area contributed by atoms with Crippen LogP contribution in [0.15, 0.2) is 65.6 Å². The Balaban J connectivity index is 2.30. The van der Waals surface area contributed by atoms with Gasteiger partial charge in [0.2, 0.25) is 5.12 Å². The molecule has 2 aromatic carbocycles. The van der Waals surface area contributed by atoms with Crippen molar-refractivity contribution in [3.63, 3.8) is 0 Å². The maximum Gasteiger partial charge on any atom is 0.223 e. The predicted octanol–water partition coefficient (Wildman–Crippen LogP) is 5.40. The van der Waals surface area contributed by atoms with Crippen LogP contribution in [0.5, 0.6) is 0 Å². The highest BCUT2D eigenvalue weighted by Gasteiger charge is 2.42. The number of hydrogen-bond donors (Lipinski definition) is 1. The first kappa shape index (κ1) is 20.9. The van der Waals surface area contributed by atoms with Crippen LogP contribution in [0.2, 0.25) is 18.1 Å². The summed E-state index contributed by atoms with van der Waals surface area (Å²) < 4.78 is 6.50. The minimum atomic E-state index is -2.16. The molecule has 0 aromatic heterocycles. The lowest BCUT2D eigenvalue weighted by atomic mass is 10.0. The van der Waals surface area contributed by atoms with E-state index in [0.717, 1.165) is 10.5 Å². The lowest BCUT2D eigenvalue weighted by Crippen LogP contribution is -2.48. The van der Waals surface area contributed by atoms with Crippen LogP contribution in [0.25, 0.3) is 0 Å². The van der Waals surface area contributed by atoms with Crippen molar-refractivity contribution in [1.82, 2.24) is 0 Å². The highest BCUT2D eigenvalue weighted by atomic mass is 32.2. The molecule has 5 heteroatoms. The standard InChI is InChI=1S/C21H29NO2SSi/c1-21(2,3)26(4,5)24-19(18(22)16-12-8-6-9-13-16)20(23)25-17-14-10-7-11-15-17/h6-15,18-19H,22H2,1-5H3/t18-,19-/m0/s1. The third kappa shape index (κ3) is 5.30. The average Bonchev–Trinajstić information content (AvgIpc) is 2.59. The number of benzene rings is 2. The van der Waals surface area contributed by atoms with E-state index in [9.17, 15) is 4.79 Å². The minimum Gasteiger partial charge on any atom is -0.404 e. The molecule has 0 radical (unpaired) electrons. The topological polar surface area (TPSA) is 52.3 Å². The summed E-state index contributed by atoms with van der Waals surface area (Å²) >= 11 is 1.20. The number of carbonyl (C=O) groups excluding carboxylic acids is 1. The Hall–Kier alpha value is -1.40. The number of thioether (sulfide) groups is 1. The molecule has 0 aliphatic carbocycles. The van der Waals surface area contributed by atoms with Gasteiger partial charge in [-0.1, -0.05) is 69.3 Å². The fourth-order valence-corrected chi connectivity index (χ4v) is 4.44. The fourth-order valence-electron chi connectivity index (χ4n) is 2.28. The number of carbonyl (C=O) groups is 1. The van der Waals surface area contributed by atoms with Gasteiger partial charge in [-0.15, -0.1) is 0 Å². The summed E-state index contributed by atoms with van der Waals surface area (Å²) in [6, 6.07) is 18.9. The Morgan fingerprint density at radius 2 is 1.50 bits per heavy atom. The molecule has 0 aliphatic heterocycles. The van der Waals surface area contributed by atoms with Crippen molar-refractivity contribution in [3.05, 3.63) is 66.2 Å². The zero-order chi connectivity index (χ0) is 19.4. The third-order valence-corrected chi connectivity index (χ3v) is 10.3. The molecule has 2 atom stereocenters. The van der Waals surface area contributed by atoms with Crippen molar-refractivity contribution in [2.24, 2.45) is 5.73 Å². The van der Waals surface area contributed by atoms with Crippen LogP contribution >= 0.6 is 11.8 Å². The largest absolute Gasteiger partial charge is 0.404 e. The zero-order valence-electron chi connectivity index (χ0n) is 16.2. The average molecular weight is 388 g/mol. The predicted molar refractivity (Wildman–Crippen MR) is 113 cm³/mol. The summed E-state index contributed by atoms with van der Waals surface area (Å²) in [4.78, 5) is 14.0. The highest BCUT2D eigenvalue weighted by molar-refractivity contribution is 8.13. The zero-order valence-corrected chi connectivity index (χ0v) is 18.0. The fraction of sp³-hybridized carbons (Fsp3) is 0.381. The summed E-state index contributed by atoms with van der Waals surface area (Å²) in [6.07, 6.45) is -0.677. The molecular formula is C21H29NO2SSi. The van der Waals surface area contributed by atoms with Crippen molar-refractivity contribution in [3.8, 4) is 0 Å². The van der Waals surface area contributed by atoms with Gasteiger partial charge < -0.3 is 10.2 Å². The Labute approximate surface area is 162 Å². The first-order valence-corrected chi connectivity index (χ1v) is 12.6. The smallest absolute Gasteiger partial charge is 0.223 e. The second-order valence-electron chi connectivity index (χ2n) is 7.97. The van der Waals surface area contributed by atoms with E-state index < -0.39 is 20.5 Å². The minimum absolute atomic E-state index is 0.000643. The van der Waals surface area contributed by atoms with E-state index in [4.69, 9.17) is 10.2 Å². The molecule has 0 saturated carbocycles. The Morgan fingerprint density at radius 1 is 1.00 bits per heavy atom. The van der Waals surface area contributed by atoms with E-state index in [2.05, 4.69) is 33.9 Å². The van der Waals surface area contributed by atoms with Crippen molar-refractivity contribution in [2.75, 3.05) is 0 Å². The molecule has 0 fully saturated rings. The Bertz CT molecular complexity index is 714. The van der Waals surface area contributed by atoms with Crippen LogP contribution in [0.4, 0.5) is 0 Å². The van der Waals surface area contributed by atoms with E-state index in [1.54, 1.807) is 0 Å². The maximum absolute atomic E-state index is 13.1. The first-order chi connectivity index (χ1) is 12.1. The molecule has 140 valence electrons. The van der Waals surface area contributed by atoms with E-state index in [1.165, 1.54) is 11.8 Å². The summed E-state index contributed by atoms with van der Waals surface area (Å²) in [6.45, 7) is 10.8. The van der Waals surface area contributed by atoms with Crippen molar-refractivity contribution < 1.29 is 9.22 Å². The molecule has 0 heterocycles. The van der Waals surface area contributed by atoms with E-state index >= 15 is 0 Å². The van der Waals surface area contributed by atoms with Crippen molar-refractivity contribution in [2.45, 2.75) is 55.9 Å². The number of hydrogen-bond acceptors (Lipinski definition) is 4. The van der Waals surface area contributed by atoms with Crippen LogP contribution in [0.3, 0.4) is 0 Å². The molecule has 0 spiro atoms. The molecule has 0 saturated heterocycles. The summed E-state index contributed by atoms with van der Waals surface area (Å²) in [5, 5.41) is -0.0447. The van der Waals surface area contributed by atoms with Gasteiger partial charge >= 0.3 is 0 Å². The number of nitrogens with two attached hydrogens (primary N) is 1. The van der Waals surface area contributed by atoms with Gasteiger partial charge in [0, 0.05) is 4.90 Å². The van der Waals surface area contributed by atoms with Crippen molar-refractivity contribution in [1.29, 1.82) is 0 Å². The molecule has 2 N–H and O–H groups in total. The molecule has 2 rings (SSSR count).